The van der Waals surface area contributed by atoms with E-state index in [2.05, 4.69) is 9.97 Å². The molecule has 7 nitrogen and oxygen atoms in total. The van der Waals surface area contributed by atoms with E-state index < -0.39 is 11.0 Å². The van der Waals surface area contributed by atoms with E-state index >= 15 is 0 Å². The zero-order valence-corrected chi connectivity index (χ0v) is 13.0. The molecule has 1 heterocycles. The maximum absolute atomic E-state index is 13.4. The summed E-state index contributed by atoms with van der Waals surface area (Å²) in [6, 6.07) is 10.6. The second kappa shape index (κ2) is 6.52. The quantitative estimate of drug-likeness (QED) is 0.433. The number of nitrogens with one attached hydrogen (secondary N) is 1. The molecular weight excluding hydrogens is 329 g/mol. The third kappa shape index (κ3) is 3.23. The van der Waals surface area contributed by atoms with E-state index in [4.69, 9.17) is 4.74 Å². The zero-order valence-electron chi connectivity index (χ0n) is 13.0. The van der Waals surface area contributed by atoms with Crippen LogP contribution >= 0.6 is 0 Å². The van der Waals surface area contributed by atoms with E-state index in [0.29, 0.717) is 16.9 Å². The molecule has 0 aliphatic heterocycles. The summed E-state index contributed by atoms with van der Waals surface area (Å²) in [4.78, 5) is 28.4. The first-order chi connectivity index (χ1) is 12.0. The number of imidazole rings is 1. The van der Waals surface area contributed by atoms with Crippen LogP contribution in [0.1, 0.15) is 10.5 Å². The number of aromatic nitrogens is 2. The lowest BCUT2D eigenvalue weighted by molar-refractivity contribution is -0.384. The van der Waals surface area contributed by atoms with Crippen molar-refractivity contribution in [2.45, 2.75) is 0 Å². The number of nitro benzene ring substituents is 1. The van der Waals surface area contributed by atoms with Crippen molar-refractivity contribution in [2.24, 2.45) is 0 Å². The number of hydrogen-bond acceptors (Lipinski definition) is 5. The predicted octanol–water partition coefficient (Wildman–Crippen LogP) is 3.77. The van der Waals surface area contributed by atoms with Gasteiger partial charge in [0.15, 0.2) is 0 Å². The van der Waals surface area contributed by atoms with E-state index in [1.807, 2.05) is 0 Å². The molecule has 0 saturated heterocycles. The summed E-state index contributed by atoms with van der Waals surface area (Å²) in [5.74, 6) is 0.767. The maximum Gasteiger partial charge on any atom is 0.350 e. The molecule has 2 aromatic carbocycles. The van der Waals surface area contributed by atoms with Gasteiger partial charge in [0.2, 0.25) is 0 Å². The molecule has 0 fully saturated rings. The number of halogens is 1. The van der Waals surface area contributed by atoms with Gasteiger partial charge in [-0.3, -0.25) is 14.9 Å². The summed E-state index contributed by atoms with van der Waals surface area (Å²) in [5.41, 5.74) is 0.762. The molecule has 0 radical (unpaired) electrons. The number of methoxy groups -OCH3 is 1. The molecule has 3 rings (SSSR count). The second-order valence-electron chi connectivity index (χ2n) is 5.12. The monoisotopic (exact) mass is 341 g/mol. The third-order valence-electron chi connectivity index (χ3n) is 3.60. The number of nitro groups is 1. The smallest absolute Gasteiger partial charge is 0.350 e. The number of non-ortho nitro benzene ring substituents is 1. The van der Waals surface area contributed by atoms with Crippen molar-refractivity contribution in [3.8, 4) is 28.4 Å². The maximum atomic E-state index is 13.4. The second-order valence-corrected chi connectivity index (χ2v) is 5.12. The van der Waals surface area contributed by atoms with Crippen LogP contribution in [0.3, 0.4) is 0 Å². The van der Waals surface area contributed by atoms with Crippen LogP contribution in [0, 0.1) is 10.1 Å². The van der Waals surface area contributed by atoms with E-state index in [9.17, 15) is 19.3 Å². The molecule has 3 aromatic rings. The Hall–Kier alpha value is -3.55. The van der Waals surface area contributed by atoms with Crippen LogP contribution in [0.2, 0.25) is 0 Å². The Morgan fingerprint density at radius 3 is 2.52 bits per heavy atom. The summed E-state index contributed by atoms with van der Waals surface area (Å²) in [6.07, 6.45) is 0. The predicted molar refractivity (Wildman–Crippen MR) is 88.1 cm³/mol. The van der Waals surface area contributed by atoms with Crippen LogP contribution in [0.5, 0.6) is 5.75 Å². The fourth-order valence-electron chi connectivity index (χ4n) is 2.37. The van der Waals surface area contributed by atoms with Gasteiger partial charge in [0, 0.05) is 23.3 Å². The van der Waals surface area contributed by atoms with Gasteiger partial charge in [0.1, 0.15) is 23.0 Å². The Balaban J connectivity index is 2.08. The summed E-state index contributed by atoms with van der Waals surface area (Å²) in [7, 11) is 1.49. The van der Waals surface area contributed by atoms with Crippen LogP contribution in [-0.2, 0) is 0 Å². The van der Waals surface area contributed by atoms with Crippen molar-refractivity contribution >= 4 is 11.7 Å². The van der Waals surface area contributed by atoms with E-state index in [0.717, 1.165) is 0 Å². The van der Waals surface area contributed by atoms with Gasteiger partial charge in [-0.2, -0.15) is 4.39 Å². The number of nitrogens with zero attached hydrogens (tertiary/aromatic N) is 2. The molecule has 0 spiro atoms. The molecule has 0 aliphatic rings. The number of carbonyl (C=O) groups excluding carboxylic acids is 1. The average Bonchev–Trinajstić information content (AvgIpc) is 3.07. The SMILES string of the molecule is COc1cccc(-c2nc(-c3ccc([N+](=O)[O-])cc3)[nH]c2C(=O)F)c1. The van der Waals surface area contributed by atoms with Crippen molar-refractivity contribution in [1.82, 2.24) is 9.97 Å². The zero-order chi connectivity index (χ0) is 18.0. The first-order valence-corrected chi connectivity index (χ1v) is 7.18. The van der Waals surface area contributed by atoms with Gasteiger partial charge in [-0.15, -0.1) is 0 Å². The van der Waals surface area contributed by atoms with Crippen LogP contribution in [-0.4, -0.2) is 28.0 Å². The number of carbonyl (C=O) groups is 1. The molecular formula is C17H12FN3O4. The number of benzene rings is 2. The summed E-state index contributed by atoms with van der Waals surface area (Å²) < 4.78 is 18.6. The highest BCUT2D eigenvalue weighted by Crippen LogP contribution is 2.29. The highest BCUT2D eigenvalue weighted by atomic mass is 19.1. The standard InChI is InChI=1S/C17H12FN3O4/c1-25-13-4-2-3-11(9-13)14-15(16(18)22)20-17(19-14)10-5-7-12(8-6-10)21(23)24/h2-9H,1H3,(H,19,20). The van der Waals surface area contributed by atoms with Crippen molar-refractivity contribution in [1.29, 1.82) is 0 Å². The molecule has 0 saturated carbocycles. The lowest BCUT2D eigenvalue weighted by Crippen LogP contribution is -1.94. The normalized spacial score (nSPS) is 10.5. The van der Waals surface area contributed by atoms with Gasteiger partial charge in [-0.25, -0.2) is 4.98 Å². The Morgan fingerprint density at radius 2 is 1.92 bits per heavy atom. The molecule has 126 valence electrons. The first-order valence-electron chi connectivity index (χ1n) is 7.18. The van der Waals surface area contributed by atoms with E-state index in [1.54, 1.807) is 24.3 Å². The van der Waals surface area contributed by atoms with Gasteiger partial charge >= 0.3 is 6.04 Å². The highest BCUT2D eigenvalue weighted by molar-refractivity contribution is 5.94. The van der Waals surface area contributed by atoms with E-state index in [1.165, 1.54) is 31.4 Å². The Labute approximate surface area is 141 Å². The minimum absolute atomic E-state index is 0.0786. The molecule has 0 amide bonds. The number of aromatic amines is 1. The van der Waals surface area contributed by atoms with Crippen LogP contribution in [0.15, 0.2) is 48.5 Å². The molecule has 0 atom stereocenters. The molecule has 0 bridgehead atoms. The lowest BCUT2D eigenvalue weighted by atomic mass is 10.1. The van der Waals surface area contributed by atoms with Crippen molar-refractivity contribution in [2.75, 3.05) is 7.11 Å². The highest BCUT2D eigenvalue weighted by Gasteiger charge is 2.20. The van der Waals surface area contributed by atoms with Gasteiger partial charge in [-0.1, -0.05) is 12.1 Å². The molecule has 0 aliphatic carbocycles. The third-order valence-corrected chi connectivity index (χ3v) is 3.60. The number of hydrogen-bond donors (Lipinski definition) is 1. The first kappa shape index (κ1) is 16.3. The summed E-state index contributed by atoms with van der Waals surface area (Å²) >= 11 is 0. The minimum Gasteiger partial charge on any atom is -0.497 e. The van der Waals surface area contributed by atoms with Gasteiger partial charge in [0.25, 0.3) is 5.69 Å². The minimum atomic E-state index is -1.65. The molecule has 25 heavy (non-hydrogen) atoms. The molecule has 1 aromatic heterocycles. The Morgan fingerprint density at radius 1 is 1.20 bits per heavy atom. The molecule has 1 N–H and O–H groups in total. The number of rotatable bonds is 5. The van der Waals surface area contributed by atoms with Gasteiger partial charge < -0.3 is 9.72 Å². The van der Waals surface area contributed by atoms with Crippen molar-refractivity contribution in [3.63, 3.8) is 0 Å². The number of ether oxygens (including phenoxy) is 1. The number of H-pyrrole nitrogens is 1. The van der Waals surface area contributed by atoms with Crippen molar-refractivity contribution in [3.05, 3.63) is 64.3 Å². The van der Waals surface area contributed by atoms with Crippen LogP contribution in [0.25, 0.3) is 22.6 Å². The Kier molecular flexibility index (Phi) is 4.25. The topological polar surface area (TPSA) is 98.1 Å². The fourth-order valence-corrected chi connectivity index (χ4v) is 2.37. The fraction of sp³-hybridized carbons (Fsp3) is 0.0588. The van der Waals surface area contributed by atoms with Crippen LogP contribution < -0.4 is 4.74 Å². The molecule has 8 heteroatoms. The largest absolute Gasteiger partial charge is 0.497 e. The van der Waals surface area contributed by atoms with Crippen molar-refractivity contribution < 1.29 is 18.8 Å². The lowest BCUT2D eigenvalue weighted by Gasteiger charge is -2.02. The van der Waals surface area contributed by atoms with Gasteiger partial charge in [0.05, 0.1) is 12.0 Å². The Bertz CT molecular complexity index is 951. The van der Waals surface area contributed by atoms with Gasteiger partial charge in [-0.05, 0) is 24.3 Å². The average molecular weight is 341 g/mol. The summed E-state index contributed by atoms with van der Waals surface area (Å²) in [6.45, 7) is 0. The van der Waals surface area contributed by atoms with Crippen LogP contribution in [0.4, 0.5) is 10.1 Å². The van der Waals surface area contributed by atoms with E-state index in [-0.39, 0.29) is 22.9 Å². The molecule has 0 unspecified atom stereocenters. The summed E-state index contributed by atoms with van der Waals surface area (Å²) in [5, 5.41) is 10.7.